The van der Waals surface area contributed by atoms with Crippen LogP contribution in [0.3, 0.4) is 0 Å². The second-order valence-corrected chi connectivity index (χ2v) is 6.89. The van der Waals surface area contributed by atoms with Crippen LogP contribution in [0.2, 0.25) is 0 Å². The number of aromatic nitrogens is 1. The predicted octanol–water partition coefficient (Wildman–Crippen LogP) is 2.93. The molecule has 1 rings (SSSR count). The Labute approximate surface area is 115 Å². The Morgan fingerprint density at radius 2 is 1.94 bits per heavy atom. The third kappa shape index (κ3) is 5.46. The Bertz CT molecular complexity index is 347. The van der Waals surface area contributed by atoms with E-state index in [9.17, 15) is 5.11 Å². The monoisotopic (exact) mass is 270 g/mol. The first-order chi connectivity index (χ1) is 8.38. The van der Waals surface area contributed by atoms with Gasteiger partial charge >= 0.3 is 0 Å². The van der Waals surface area contributed by atoms with Gasteiger partial charge in [-0.3, -0.25) is 4.90 Å². The minimum atomic E-state index is -0.282. The quantitative estimate of drug-likeness (QED) is 0.827. The van der Waals surface area contributed by atoms with Crippen LogP contribution in [0.15, 0.2) is 6.20 Å². The van der Waals surface area contributed by atoms with Crippen LogP contribution in [0.1, 0.15) is 44.5 Å². The van der Waals surface area contributed by atoms with E-state index in [4.69, 9.17) is 0 Å². The van der Waals surface area contributed by atoms with Crippen LogP contribution in [0.4, 0.5) is 0 Å². The van der Waals surface area contributed by atoms with Crippen LogP contribution < -0.4 is 0 Å². The molecule has 0 aliphatic heterocycles. The fourth-order valence-electron chi connectivity index (χ4n) is 1.86. The standard InChI is InChI=1S/C14H26N2OS/c1-10(2)6-14-15-7-13(18-14)9-16(11(3)4)8-12(5)17/h7,10-12,17H,6,8-9H2,1-5H3. The summed E-state index contributed by atoms with van der Waals surface area (Å²) in [6, 6.07) is 0.440. The van der Waals surface area contributed by atoms with Gasteiger partial charge in [0.2, 0.25) is 0 Å². The summed E-state index contributed by atoms with van der Waals surface area (Å²) in [5.41, 5.74) is 0. The van der Waals surface area contributed by atoms with Gasteiger partial charge < -0.3 is 5.11 Å². The van der Waals surface area contributed by atoms with Crippen molar-refractivity contribution in [2.75, 3.05) is 6.54 Å². The summed E-state index contributed by atoms with van der Waals surface area (Å²) >= 11 is 1.80. The Hall–Kier alpha value is -0.450. The van der Waals surface area contributed by atoms with Gasteiger partial charge in [0.1, 0.15) is 0 Å². The Kier molecular flexibility index (Phi) is 6.26. The summed E-state index contributed by atoms with van der Waals surface area (Å²) in [5.74, 6) is 0.655. The molecule has 0 saturated carbocycles. The van der Waals surface area contributed by atoms with E-state index in [1.807, 2.05) is 13.1 Å². The molecule has 0 amide bonds. The molecular formula is C14H26N2OS. The summed E-state index contributed by atoms with van der Waals surface area (Å²) < 4.78 is 0. The molecule has 1 unspecified atom stereocenters. The normalized spacial score (nSPS) is 13.8. The van der Waals surface area contributed by atoms with E-state index in [2.05, 4.69) is 37.6 Å². The summed E-state index contributed by atoms with van der Waals surface area (Å²) in [7, 11) is 0. The topological polar surface area (TPSA) is 36.4 Å². The minimum absolute atomic E-state index is 0.282. The molecule has 0 saturated heterocycles. The van der Waals surface area contributed by atoms with Gasteiger partial charge in [-0.1, -0.05) is 13.8 Å². The number of aliphatic hydroxyl groups excluding tert-OH is 1. The number of hydrogen-bond acceptors (Lipinski definition) is 4. The number of hydrogen-bond donors (Lipinski definition) is 1. The first kappa shape index (κ1) is 15.6. The molecule has 0 bridgehead atoms. The highest BCUT2D eigenvalue weighted by molar-refractivity contribution is 7.11. The fourth-order valence-corrected chi connectivity index (χ4v) is 3.02. The third-order valence-electron chi connectivity index (χ3n) is 2.77. The van der Waals surface area contributed by atoms with E-state index in [-0.39, 0.29) is 6.10 Å². The highest BCUT2D eigenvalue weighted by atomic mass is 32.1. The second-order valence-electron chi connectivity index (χ2n) is 5.69. The van der Waals surface area contributed by atoms with Gasteiger partial charge in [-0.15, -0.1) is 11.3 Å². The lowest BCUT2D eigenvalue weighted by Gasteiger charge is -2.26. The van der Waals surface area contributed by atoms with E-state index >= 15 is 0 Å². The second kappa shape index (κ2) is 7.22. The average molecular weight is 270 g/mol. The molecular weight excluding hydrogens is 244 g/mol. The lowest BCUT2D eigenvalue weighted by Crippen LogP contribution is -2.35. The molecule has 0 aromatic carbocycles. The molecule has 104 valence electrons. The molecule has 0 fully saturated rings. The molecule has 0 aliphatic carbocycles. The van der Waals surface area contributed by atoms with Crippen LogP contribution in [0.5, 0.6) is 0 Å². The summed E-state index contributed by atoms with van der Waals surface area (Å²) in [5, 5.41) is 10.7. The summed E-state index contributed by atoms with van der Waals surface area (Å²) in [4.78, 5) is 8.06. The van der Waals surface area contributed by atoms with Gasteiger partial charge in [-0.05, 0) is 26.7 Å². The molecule has 1 aromatic rings. The van der Waals surface area contributed by atoms with E-state index in [1.54, 1.807) is 11.3 Å². The van der Waals surface area contributed by atoms with Crippen LogP contribution in [0.25, 0.3) is 0 Å². The average Bonchev–Trinajstić information content (AvgIpc) is 2.62. The largest absolute Gasteiger partial charge is 0.392 e. The maximum Gasteiger partial charge on any atom is 0.0930 e. The van der Waals surface area contributed by atoms with Crippen LogP contribution in [0, 0.1) is 5.92 Å². The third-order valence-corrected chi connectivity index (χ3v) is 3.78. The zero-order chi connectivity index (χ0) is 13.7. The zero-order valence-corrected chi connectivity index (χ0v) is 13.0. The fraction of sp³-hybridized carbons (Fsp3) is 0.786. The Morgan fingerprint density at radius 3 is 2.44 bits per heavy atom. The molecule has 0 spiro atoms. The Morgan fingerprint density at radius 1 is 1.28 bits per heavy atom. The molecule has 1 heterocycles. The molecule has 1 N–H and O–H groups in total. The maximum atomic E-state index is 9.52. The summed E-state index contributed by atoms with van der Waals surface area (Å²) in [6.45, 7) is 12.2. The molecule has 4 heteroatoms. The van der Waals surface area contributed by atoms with Gasteiger partial charge in [0.25, 0.3) is 0 Å². The SMILES string of the molecule is CC(C)Cc1ncc(CN(CC(C)O)C(C)C)s1. The molecule has 0 radical (unpaired) electrons. The minimum Gasteiger partial charge on any atom is -0.392 e. The molecule has 1 atom stereocenters. The van der Waals surface area contributed by atoms with Gasteiger partial charge in [0.15, 0.2) is 0 Å². The lowest BCUT2D eigenvalue weighted by molar-refractivity contribution is 0.103. The zero-order valence-electron chi connectivity index (χ0n) is 12.2. The van der Waals surface area contributed by atoms with Crippen molar-refractivity contribution in [2.45, 2.75) is 59.7 Å². The van der Waals surface area contributed by atoms with E-state index in [0.717, 1.165) is 19.5 Å². The van der Waals surface area contributed by atoms with Crippen molar-refractivity contribution in [2.24, 2.45) is 5.92 Å². The van der Waals surface area contributed by atoms with E-state index in [1.165, 1.54) is 9.88 Å². The molecule has 3 nitrogen and oxygen atoms in total. The van der Waals surface area contributed by atoms with Gasteiger partial charge in [-0.25, -0.2) is 4.98 Å². The van der Waals surface area contributed by atoms with Crippen molar-refractivity contribution in [3.63, 3.8) is 0 Å². The van der Waals surface area contributed by atoms with Gasteiger partial charge in [0, 0.05) is 36.6 Å². The van der Waals surface area contributed by atoms with Crippen molar-refractivity contribution in [3.8, 4) is 0 Å². The first-order valence-electron chi connectivity index (χ1n) is 6.74. The van der Waals surface area contributed by atoms with E-state index in [0.29, 0.717) is 12.0 Å². The lowest BCUT2D eigenvalue weighted by atomic mass is 10.1. The number of nitrogens with zero attached hydrogens (tertiary/aromatic N) is 2. The predicted molar refractivity (Wildman–Crippen MR) is 77.9 cm³/mol. The summed E-state index contributed by atoms with van der Waals surface area (Å²) in [6.07, 6.45) is 2.76. The van der Waals surface area contributed by atoms with Gasteiger partial charge in [-0.2, -0.15) is 0 Å². The number of rotatable bonds is 7. The van der Waals surface area contributed by atoms with Crippen LogP contribution in [-0.2, 0) is 13.0 Å². The van der Waals surface area contributed by atoms with Crippen molar-refractivity contribution in [1.29, 1.82) is 0 Å². The van der Waals surface area contributed by atoms with Crippen molar-refractivity contribution < 1.29 is 5.11 Å². The highest BCUT2D eigenvalue weighted by Gasteiger charge is 2.14. The van der Waals surface area contributed by atoms with Crippen molar-refractivity contribution >= 4 is 11.3 Å². The first-order valence-corrected chi connectivity index (χ1v) is 7.55. The molecule has 1 aromatic heterocycles. The van der Waals surface area contributed by atoms with E-state index < -0.39 is 0 Å². The van der Waals surface area contributed by atoms with Crippen LogP contribution >= 0.6 is 11.3 Å². The smallest absolute Gasteiger partial charge is 0.0930 e. The maximum absolute atomic E-state index is 9.52. The molecule has 18 heavy (non-hydrogen) atoms. The van der Waals surface area contributed by atoms with Gasteiger partial charge in [0.05, 0.1) is 11.1 Å². The highest BCUT2D eigenvalue weighted by Crippen LogP contribution is 2.19. The van der Waals surface area contributed by atoms with Crippen molar-refractivity contribution in [1.82, 2.24) is 9.88 Å². The van der Waals surface area contributed by atoms with Crippen LogP contribution in [-0.4, -0.2) is 33.7 Å². The number of aliphatic hydroxyl groups is 1. The number of thiazole rings is 1. The van der Waals surface area contributed by atoms with Crippen molar-refractivity contribution in [3.05, 3.63) is 16.1 Å². The Balaban J connectivity index is 2.60. The molecule has 0 aliphatic rings.